The van der Waals surface area contributed by atoms with Crippen LogP contribution in [-0.2, 0) is 16.0 Å². The number of aliphatic carboxylic acids is 1. The highest BCUT2D eigenvalue weighted by Gasteiger charge is 2.32. The fraction of sp³-hybridized carbons (Fsp3) is 0.647. The average Bonchev–Trinajstić information content (AvgIpc) is 2.53. The Kier molecular flexibility index (Phi) is 6.21. The van der Waals surface area contributed by atoms with E-state index in [1.54, 1.807) is 4.90 Å². The molecule has 1 N–H and O–H groups in total. The molecule has 0 bridgehead atoms. The molecule has 0 saturated carbocycles. The van der Waals surface area contributed by atoms with E-state index in [0.29, 0.717) is 32.4 Å². The average molecular weight is 351 g/mol. The van der Waals surface area contributed by atoms with Crippen LogP contribution in [0.4, 0.5) is 0 Å². The van der Waals surface area contributed by atoms with Crippen LogP contribution < -0.4 is 0 Å². The molecule has 2 rings (SSSR count). The van der Waals surface area contributed by atoms with Crippen LogP contribution in [0.5, 0.6) is 0 Å². The Hall–Kier alpha value is -1.63. The van der Waals surface area contributed by atoms with Crippen LogP contribution in [0.1, 0.15) is 36.7 Å². The predicted molar refractivity (Wildman–Crippen MR) is 93.1 cm³/mol. The van der Waals surface area contributed by atoms with Crippen molar-refractivity contribution in [2.75, 3.05) is 19.3 Å². The van der Waals surface area contributed by atoms with E-state index in [1.807, 2.05) is 27.0 Å². The molecular weight excluding hydrogens is 326 g/mol. The van der Waals surface area contributed by atoms with Crippen molar-refractivity contribution in [3.8, 4) is 0 Å². The van der Waals surface area contributed by atoms with Gasteiger partial charge in [0.05, 0.1) is 5.92 Å². The van der Waals surface area contributed by atoms with Gasteiger partial charge in [0, 0.05) is 30.9 Å². The van der Waals surface area contributed by atoms with Gasteiger partial charge in [-0.05, 0) is 44.4 Å². The van der Waals surface area contributed by atoms with E-state index in [9.17, 15) is 14.7 Å². The zero-order chi connectivity index (χ0) is 17.9. The summed E-state index contributed by atoms with van der Waals surface area (Å²) in [4.78, 5) is 34.3. The fourth-order valence-corrected chi connectivity index (χ4v) is 3.75. The molecule has 0 spiro atoms. The smallest absolute Gasteiger partial charge is 0.306 e. The molecule has 1 amide bonds. The highest BCUT2D eigenvalue weighted by molar-refractivity contribution is 7.98. The van der Waals surface area contributed by atoms with E-state index in [0.717, 1.165) is 22.1 Å². The lowest BCUT2D eigenvalue weighted by Crippen LogP contribution is -2.45. The van der Waals surface area contributed by atoms with Gasteiger partial charge in [0.25, 0.3) is 0 Å². The number of thioether (sulfide) groups is 1. The molecular formula is C17H25N3O3S. The van der Waals surface area contributed by atoms with Gasteiger partial charge in [-0.15, -0.1) is 0 Å². The molecule has 0 radical (unpaired) electrons. The molecule has 0 aromatic carbocycles. The number of carboxylic acids is 1. The summed E-state index contributed by atoms with van der Waals surface area (Å²) in [5.41, 5.74) is 2.89. The van der Waals surface area contributed by atoms with Crippen molar-refractivity contribution in [2.24, 2.45) is 11.8 Å². The van der Waals surface area contributed by atoms with Gasteiger partial charge in [-0.2, -0.15) is 0 Å². The van der Waals surface area contributed by atoms with Crippen LogP contribution >= 0.6 is 11.8 Å². The highest BCUT2D eigenvalue weighted by Crippen LogP contribution is 2.24. The van der Waals surface area contributed by atoms with Crippen molar-refractivity contribution in [1.29, 1.82) is 0 Å². The van der Waals surface area contributed by atoms with Crippen molar-refractivity contribution in [1.82, 2.24) is 14.9 Å². The third-order valence-electron chi connectivity index (χ3n) is 4.75. The second kappa shape index (κ2) is 7.96. The Morgan fingerprint density at radius 3 is 2.42 bits per heavy atom. The lowest BCUT2D eigenvalue weighted by molar-refractivity contribution is -0.148. The number of amides is 1. The standard InChI is InChI=1S/C17H25N3O3S/c1-10-9-20(8-7-13(10)16(22)23)15(21)6-5-14-11(2)18-17(24-4)19-12(14)3/h10,13H,5-9H2,1-4H3,(H,22,23). The van der Waals surface area contributed by atoms with Crippen molar-refractivity contribution in [3.63, 3.8) is 0 Å². The van der Waals surface area contributed by atoms with Gasteiger partial charge in [-0.3, -0.25) is 9.59 Å². The second-order valence-corrected chi connectivity index (χ2v) is 7.18. The summed E-state index contributed by atoms with van der Waals surface area (Å²) in [6.07, 6.45) is 3.51. The number of likely N-dealkylation sites (tertiary alicyclic amines) is 1. The molecule has 2 unspecified atom stereocenters. The first kappa shape index (κ1) is 18.7. The molecule has 24 heavy (non-hydrogen) atoms. The number of carbonyl (C=O) groups is 2. The van der Waals surface area contributed by atoms with Crippen LogP contribution in [0.25, 0.3) is 0 Å². The first-order chi connectivity index (χ1) is 11.3. The van der Waals surface area contributed by atoms with E-state index < -0.39 is 5.97 Å². The molecule has 1 saturated heterocycles. The van der Waals surface area contributed by atoms with E-state index >= 15 is 0 Å². The van der Waals surface area contributed by atoms with Crippen molar-refractivity contribution >= 4 is 23.6 Å². The molecule has 6 nitrogen and oxygen atoms in total. The number of hydrogen-bond donors (Lipinski definition) is 1. The Morgan fingerprint density at radius 2 is 1.92 bits per heavy atom. The molecule has 1 aromatic heterocycles. The maximum Gasteiger partial charge on any atom is 0.306 e. The van der Waals surface area contributed by atoms with Gasteiger partial charge in [-0.1, -0.05) is 18.7 Å². The first-order valence-corrected chi connectivity index (χ1v) is 9.44. The van der Waals surface area contributed by atoms with E-state index in [4.69, 9.17) is 0 Å². The van der Waals surface area contributed by atoms with Gasteiger partial charge in [0.15, 0.2) is 5.16 Å². The van der Waals surface area contributed by atoms with Gasteiger partial charge in [-0.25, -0.2) is 9.97 Å². The predicted octanol–water partition coefficient (Wildman–Crippen LogP) is 2.32. The Bertz CT molecular complexity index is 613. The maximum absolute atomic E-state index is 12.5. The maximum atomic E-state index is 12.5. The van der Waals surface area contributed by atoms with Crippen LogP contribution in [0, 0.1) is 25.7 Å². The minimum absolute atomic E-state index is 0.00660. The molecule has 1 aliphatic rings. The number of carbonyl (C=O) groups excluding carboxylic acids is 1. The summed E-state index contributed by atoms with van der Waals surface area (Å²) in [6.45, 7) is 6.86. The topological polar surface area (TPSA) is 83.4 Å². The van der Waals surface area contributed by atoms with E-state index in [-0.39, 0.29) is 17.7 Å². The van der Waals surface area contributed by atoms with Crippen molar-refractivity contribution < 1.29 is 14.7 Å². The van der Waals surface area contributed by atoms with Crippen LogP contribution in [0.2, 0.25) is 0 Å². The van der Waals surface area contributed by atoms with Gasteiger partial charge in [0.2, 0.25) is 5.91 Å². The summed E-state index contributed by atoms with van der Waals surface area (Å²) in [7, 11) is 0. The molecule has 1 aliphatic heterocycles. The zero-order valence-corrected chi connectivity index (χ0v) is 15.5. The summed E-state index contributed by atoms with van der Waals surface area (Å²) in [5.74, 6) is -1.02. The molecule has 2 heterocycles. The number of aryl methyl sites for hydroxylation is 2. The van der Waals surface area contributed by atoms with Crippen LogP contribution in [-0.4, -0.2) is 51.2 Å². The molecule has 1 fully saturated rings. The second-order valence-electron chi connectivity index (χ2n) is 6.41. The number of hydrogen-bond acceptors (Lipinski definition) is 5. The summed E-state index contributed by atoms with van der Waals surface area (Å²) in [6, 6.07) is 0. The van der Waals surface area contributed by atoms with Gasteiger partial charge >= 0.3 is 5.97 Å². The first-order valence-electron chi connectivity index (χ1n) is 8.22. The SMILES string of the molecule is CSc1nc(C)c(CCC(=O)N2CCC(C(=O)O)C(C)C2)c(C)n1. The van der Waals surface area contributed by atoms with Crippen molar-refractivity contribution in [2.45, 2.75) is 45.2 Å². The minimum atomic E-state index is -0.758. The fourth-order valence-electron chi connectivity index (χ4n) is 3.29. The monoisotopic (exact) mass is 351 g/mol. The number of rotatable bonds is 5. The van der Waals surface area contributed by atoms with E-state index in [1.165, 1.54) is 11.8 Å². The van der Waals surface area contributed by atoms with Gasteiger partial charge in [0.1, 0.15) is 0 Å². The third kappa shape index (κ3) is 4.26. The molecule has 0 aliphatic carbocycles. The van der Waals surface area contributed by atoms with E-state index in [2.05, 4.69) is 9.97 Å². The van der Waals surface area contributed by atoms with Crippen LogP contribution in [0.15, 0.2) is 5.16 Å². The minimum Gasteiger partial charge on any atom is -0.481 e. The number of nitrogens with zero attached hydrogens (tertiary/aromatic N) is 3. The number of aromatic nitrogens is 2. The Morgan fingerprint density at radius 1 is 1.29 bits per heavy atom. The molecule has 7 heteroatoms. The van der Waals surface area contributed by atoms with Crippen molar-refractivity contribution in [3.05, 3.63) is 17.0 Å². The largest absolute Gasteiger partial charge is 0.481 e. The third-order valence-corrected chi connectivity index (χ3v) is 5.29. The lowest BCUT2D eigenvalue weighted by atomic mass is 9.87. The Balaban J connectivity index is 1.96. The normalized spacial score (nSPS) is 20.9. The molecule has 132 valence electrons. The lowest BCUT2D eigenvalue weighted by Gasteiger charge is -2.35. The number of carboxylic acid groups (broad SMARTS) is 1. The zero-order valence-electron chi connectivity index (χ0n) is 14.7. The summed E-state index contributed by atoms with van der Waals surface area (Å²) < 4.78 is 0. The summed E-state index contributed by atoms with van der Waals surface area (Å²) in [5, 5.41) is 9.92. The molecule has 1 aromatic rings. The highest BCUT2D eigenvalue weighted by atomic mass is 32.2. The summed E-state index contributed by atoms with van der Waals surface area (Å²) >= 11 is 1.51. The molecule has 2 atom stereocenters. The number of piperidine rings is 1. The quantitative estimate of drug-likeness (QED) is 0.647. The van der Waals surface area contributed by atoms with Crippen LogP contribution in [0.3, 0.4) is 0 Å². The van der Waals surface area contributed by atoms with Gasteiger partial charge < -0.3 is 10.0 Å². The Labute approximate surface area is 147 Å².